The van der Waals surface area contributed by atoms with Crippen molar-refractivity contribution in [2.75, 3.05) is 11.9 Å². The number of aromatic nitrogens is 2. The zero-order valence-corrected chi connectivity index (χ0v) is 16.8. The lowest BCUT2D eigenvalue weighted by atomic mass is 10.1. The third kappa shape index (κ3) is 7.10. The molecule has 0 saturated heterocycles. The van der Waals surface area contributed by atoms with E-state index >= 15 is 0 Å². The highest BCUT2D eigenvalue weighted by atomic mass is 19.3. The molecule has 1 atom stereocenters. The molecule has 2 N–H and O–H groups in total. The molecule has 0 saturated carbocycles. The van der Waals surface area contributed by atoms with Crippen molar-refractivity contribution in [3.05, 3.63) is 47.3 Å². The smallest absolute Gasteiger partial charge is 0.278 e. The maximum absolute atomic E-state index is 12.8. The van der Waals surface area contributed by atoms with Gasteiger partial charge in [-0.25, -0.2) is 18.7 Å². The van der Waals surface area contributed by atoms with Gasteiger partial charge in [0.2, 0.25) is 11.8 Å². The van der Waals surface area contributed by atoms with E-state index in [1.807, 2.05) is 0 Å². The van der Waals surface area contributed by atoms with E-state index in [-0.39, 0.29) is 23.7 Å². The highest BCUT2D eigenvalue weighted by molar-refractivity contribution is 5.96. The Kier molecular flexibility index (Phi) is 7.19. The minimum Gasteiger partial charge on any atom is -0.471 e. The SMILES string of the molecule is CCC(=O)Nc1cc(C(=O)NC(C)c2ccc(OCC(C)(F)F)nc2)cc(C)n1. The van der Waals surface area contributed by atoms with Crippen molar-refractivity contribution in [3.63, 3.8) is 0 Å². The van der Waals surface area contributed by atoms with Gasteiger partial charge >= 0.3 is 0 Å². The molecule has 0 aromatic carbocycles. The first-order valence-electron chi connectivity index (χ1n) is 9.13. The molecule has 0 aliphatic carbocycles. The van der Waals surface area contributed by atoms with E-state index in [0.29, 0.717) is 29.1 Å². The third-order valence-electron chi connectivity index (χ3n) is 3.88. The Morgan fingerprint density at radius 1 is 1.28 bits per heavy atom. The summed E-state index contributed by atoms with van der Waals surface area (Å²) in [4.78, 5) is 32.3. The third-order valence-corrected chi connectivity index (χ3v) is 3.88. The predicted molar refractivity (Wildman–Crippen MR) is 104 cm³/mol. The van der Waals surface area contributed by atoms with E-state index < -0.39 is 12.5 Å². The van der Waals surface area contributed by atoms with Crippen molar-refractivity contribution >= 4 is 17.6 Å². The van der Waals surface area contributed by atoms with E-state index in [9.17, 15) is 18.4 Å². The lowest BCUT2D eigenvalue weighted by molar-refractivity contribution is -0.115. The number of ether oxygens (including phenoxy) is 1. The molecule has 7 nitrogen and oxygen atoms in total. The predicted octanol–water partition coefficient (Wildman–Crippen LogP) is 3.66. The van der Waals surface area contributed by atoms with Crippen LogP contribution >= 0.6 is 0 Å². The van der Waals surface area contributed by atoms with Crippen molar-refractivity contribution in [1.82, 2.24) is 15.3 Å². The van der Waals surface area contributed by atoms with E-state index in [1.54, 1.807) is 32.9 Å². The van der Waals surface area contributed by atoms with Gasteiger partial charge in [0.25, 0.3) is 11.8 Å². The first-order chi connectivity index (χ1) is 13.6. The Bertz CT molecular complexity index is 867. The average molecular weight is 406 g/mol. The van der Waals surface area contributed by atoms with Crippen LogP contribution in [0, 0.1) is 6.92 Å². The Hall–Kier alpha value is -3.10. The summed E-state index contributed by atoms with van der Waals surface area (Å²) in [6.07, 6.45) is 1.76. The summed E-state index contributed by atoms with van der Waals surface area (Å²) < 4.78 is 30.6. The van der Waals surface area contributed by atoms with Crippen LogP contribution in [0.1, 0.15) is 54.8 Å². The summed E-state index contributed by atoms with van der Waals surface area (Å²) in [5, 5.41) is 5.46. The first-order valence-corrected chi connectivity index (χ1v) is 9.13. The fourth-order valence-corrected chi connectivity index (χ4v) is 2.39. The van der Waals surface area contributed by atoms with Gasteiger partial charge in [0, 0.05) is 36.9 Å². The standard InChI is InChI=1S/C20H24F2N4O3/c1-5-17(27)26-16-9-15(8-12(2)24-16)19(28)25-13(3)14-6-7-18(23-10-14)29-11-20(4,21)22/h6-10,13H,5,11H2,1-4H3,(H,25,28)(H,24,26,27). The van der Waals surface area contributed by atoms with Crippen LogP contribution in [0.25, 0.3) is 0 Å². The number of alkyl halides is 2. The minimum absolute atomic E-state index is 0.0786. The van der Waals surface area contributed by atoms with Crippen LogP contribution in [-0.4, -0.2) is 34.3 Å². The quantitative estimate of drug-likeness (QED) is 0.698. The van der Waals surface area contributed by atoms with E-state index in [4.69, 9.17) is 4.74 Å². The number of rotatable bonds is 8. The molecule has 0 aliphatic heterocycles. The Labute approximate surface area is 167 Å². The Balaban J connectivity index is 2.04. The normalized spacial score (nSPS) is 12.2. The monoisotopic (exact) mass is 406 g/mol. The van der Waals surface area contributed by atoms with Crippen LogP contribution in [-0.2, 0) is 4.79 Å². The van der Waals surface area contributed by atoms with Gasteiger partial charge in [0.15, 0.2) is 6.61 Å². The van der Waals surface area contributed by atoms with E-state index in [2.05, 4.69) is 20.6 Å². The lowest BCUT2D eigenvalue weighted by Crippen LogP contribution is -2.27. The second-order valence-corrected chi connectivity index (χ2v) is 6.77. The summed E-state index contributed by atoms with van der Waals surface area (Å²) in [6.45, 7) is 5.22. The van der Waals surface area contributed by atoms with Crippen LogP contribution in [0.15, 0.2) is 30.5 Å². The van der Waals surface area contributed by atoms with Gasteiger partial charge in [-0.3, -0.25) is 9.59 Å². The topological polar surface area (TPSA) is 93.2 Å². The van der Waals surface area contributed by atoms with Gasteiger partial charge in [-0.05, 0) is 31.5 Å². The molecular formula is C20H24F2N4O3. The molecule has 0 aliphatic rings. The Morgan fingerprint density at radius 3 is 2.59 bits per heavy atom. The van der Waals surface area contributed by atoms with Crippen molar-refractivity contribution in [2.24, 2.45) is 0 Å². The number of hydrogen-bond acceptors (Lipinski definition) is 5. The van der Waals surface area contributed by atoms with Crippen LogP contribution in [0.3, 0.4) is 0 Å². The summed E-state index contributed by atoms with van der Waals surface area (Å²) in [6, 6.07) is 5.84. The maximum atomic E-state index is 12.8. The summed E-state index contributed by atoms with van der Waals surface area (Å²) in [7, 11) is 0. The Morgan fingerprint density at radius 2 is 2.00 bits per heavy atom. The summed E-state index contributed by atoms with van der Waals surface area (Å²) in [5.74, 6) is -3.10. The van der Waals surface area contributed by atoms with Crippen molar-refractivity contribution in [3.8, 4) is 5.88 Å². The molecule has 2 aromatic heterocycles. The number of halogens is 2. The molecule has 0 fully saturated rings. The molecule has 2 rings (SSSR count). The van der Waals surface area contributed by atoms with Crippen LogP contribution < -0.4 is 15.4 Å². The number of nitrogens with zero attached hydrogens (tertiary/aromatic N) is 2. The number of amides is 2. The zero-order chi connectivity index (χ0) is 21.6. The van der Waals surface area contributed by atoms with Crippen LogP contribution in [0.5, 0.6) is 5.88 Å². The second kappa shape index (κ2) is 9.40. The number of pyridine rings is 2. The molecule has 0 spiro atoms. The van der Waals surface area contributed by atoms with Crippen LogP contribution in [0.2, 0.25) is 0 Å². The average Bonchev–Trinajstić information content (AvgIpc) is 2.65. The van der Waals surface area contributed by atoms with Crippen molar-refractivity contribution < 1.29 is 23.1 Å². The fourth-order valence-electron chi connectivity index (χ4n) is 2.39. The number of hydrogen-bond donors (Lipinski definition) is 2. The van der Waals surface area contributed by atoms with E-state index in [0.717, 1.165) is 6.92 Å². The van der Waals surface area contributed by atoms with Crippen molar-refractivity contribution in [2.45, 2.75) is 46.1 Å². The number of anilines is 1. The number of carbonyl (C=O) groups is 2. The molecular weight excluding hydrogens is 382 g/mol. The molecule has 0 radical (unpaired) electrons. The minimum atomic E-state index is -2.94. The van der Waals surface area contributed by atoms with Gasteiger partial charge in [-0.15, -0.1) is 0 Å². The second-order valence-electron chi connectivity index (χ2n) is 6.77. The lowest BCUT2D eigenvalue weighted by Gasteiger charge is -2.16. The molecule has 156 valence electrons. The van der Waals surface area contributed by atoms with Crippen molar-refractivity contribution in [1.29, 1.82) is 0 Å². The first kappa shape index (κ1) is 22.2. The van der Waals surface area contributed by atoms with Gasteiger partial charge < -0.3 is 15.4 Å². The number of nitrogens with one attached hydrogen (secondary N) is 2. The number of carbonyl (C=O) groups excluding carboxylic acids is 2. The summed E-state index contributed by atoms with van der Waals surface area (Å²) >= 11 is 0. The summed E-state index contributed by atoms with van der Waals surface area (Å²) in [5.41, 5.74) is 1.63. The fraction of sp³-hybridized carbons (Fsp3) is 0.400. The van der Waals surface area contributed by atoms with E-state index in [1.165, 1.54) is 18.3 Å². The molecule has 2 heterocycles. The van der Waals surface area contributed by atoms with Gasteiger partial charge in [0.05, 0.1) is 6.04 Å². The highest BCUT2D eigenvalue weighted by Crippen LogP contribution is 2.18. The van der Waals surface area contributed by atoms with Gasteiger partial charge in [-0.2, -0.15) is 0 Å². The maximum Gasteiger partial charge on any atom is 0.278 e. The number of aryl methyl sites for hydroxylation is 1. The van der Waals surface area contributed by atoms with Crippen LogP contribution in [0.4, 0.5) is 14.6 Å². The molecule has 2 amide bonds. The molecule has 0 bridgehead atoms. The molecule has 9 heteroatoms. The molecule has 29 heavy (non-hydrogen) atoms. The largest absolute Gasteiger partial charge is 0.471 e. The highest BCUT2D eigenvalue weighted by Gasteiger charge is 2.22. The molecule has 1 unspecified atom stereocenters. The zero-order valence-electron chi connectivity index (χ0n) is 16.8. The molecule has 2 aromatic rings. The van der Waals surface area contributed by atoms with Gasteiger partial charge in [-0.1, -0.05) is 13.0 Å². The van der Waals surface area contributed by atoms with Gasteiger partial charge in [0.1, 0.15) is 5.82 Å².